The molecule has 1 nitrogen and oxygen atoms in total. The molecule has 0 N–H and O–H groups in total. The van der Waals surface area contributed by atoms with Gasteiger partial charge in [0.05, 0.1) is 11.2 Å². The SMILES string of the molecule is C=C1CC=Cc2cc(-c3ccc4c(ccc5ccc(-c6cccc(-c7nc8ccccc8c8c7ccc7ccccc78)c6)cc54)c3)c3cccc(C)c3c2C1. The maximum Gasteiger partial charge on any atom is 0.0788 e. The molecule has 1 aliphatic carbocycles. The Bertz CT molecular complexity index is 3270. The lowest BCUT2D eigenvalue weighted by Crippen LogP contribution is -1.96. The van der Waals surface area contributed by atoms with E-state index in [0.29, 0.717) is 0 Å². The second kappa shape index (κ2) is 12.4. The largest absolute Gasteiger partial charge is 0.247 e. The second-order valence-electron chi connectivity index (χ2n) is 15.2. The Kier molecular flexibility index (Phi) is 7.12. The van der Waals surface area contributed by atoms with Crippen molar-refractivity contribution in [3.05, 3.63) is 193 Å². The van der Waals surface area contributed by atoms with Gasteiger partial charge >= 0.3 is 0 Å². The van der Waals surface area contributed by atoms with Crippen LogP contribution < -0.4 is 0 Å². The Morgan fingerprint density at radius 1 is 0.491 bits per heavy atom. The lowest BCUT2D eigenvalue weighted by molar-refractivity contribution is 1.10. The molecule has 0 saturated carbocycles. The first kappa shape index (κ1) is 31.7. The average Bonchev–Trinajstić information content (AvgIpc) is 3.42. The number of rotatable bonds is 3. The normalized spacial score (nSPS) is 13.0. The molecule has 1 aromatic heterocycles. The van der Waals surface area contributed by atoms with E-state index in [1.165, 1.54) is 104 Å². The number of hydrogen-bond donors (Lipinski definition) is 0. The van der Waals surface area contributed by atoms with E-state index in [2.05, 4.69) is 183 Å². The Labute approximate surface area is 320 Å². The summed E-state index contributed by atoms with van der Waals surface area (Å²) in [5.41, 5.74) is 13.3. The van der Waals surface area contributed by atoms with Crippen LogP contribution >= 0.6 is 0 Å². The van der Waals surface area contributed by atoms with Gasteiger partial charge in [0, 0.05) is 21.7 Å². The molecule has 0 fully saturated rings. The third-order valence-electron chi connectivity index (χ3n) is 11.9. The van der Waals surface area contributed by atoms with Crippen molar-refractivity contribution >= 4 is 70.8 Å². The number of fused-ring (bicyclic) bond motifs is 11. The Morgan fingerprint density at radius 2 is 1.20 bits per heavy atom. The van der Waals surface area contributed by atoms with Crippen molar-refractivity contribution in [2.75, 3.05) is 0 Å². The third-order valence-corrected chi connectivity index (χ3v) is 11.9. The summed E-state index contributed by atoms with van der Waals surface area (Å²) in [6, 6.07) is 58.2. The monoisotopic (exact) mass is 699 g/mol. The molecule has 1 heteroatoms. The standard InChI is InChI=1S/C54H37N/c1-33-10-7-14-39-32-49(45-18-8-11-34(2)52(45)50(39)28-33)41-25-26-43-40(30-41)23-21-36-20-22-38(31-48(36)43)37-13-9-15-42(29-37)54-47-27-24-35-12-3-4-16-44(35)53(47)46-17-5-6-19-51(46)55-54/h3-9,11-27,29-32H,1,10,28H2,2H3. The molecule has 0 amide bonds. The molecular weight excluding hydrogens is 663 g/mol. The fourth-order valence-electron chi connectivity index (χ4n) is 9.21. The van der Waals surface area contributed by atoms with Crippen LogP contribution in [0, 0.1) is 6.92 Å². The highest BCUT2D eigenvalue weighted by Crippen LogP contribution is 2.41. The number of benzene rings is 9. The molecule has 10 aromatic rings. The van der Waals surface area contributed by atoms with E-state index in [4.69, 9.17) is 4.98 Å². The average molecular weight is 700 g/mol. The van der Waals surface area contributed by atoms with E-state index in [9.17, 15) is 0 Å². The van der Waals surface area contributed by atoms with Crippen LogP contribution in [0.4, 0.5) is 0 Å². The lowest BCUT2D eigenvalue weighted by Gasteiger charge is -2.17. The minimum absolute atomic E-state index is 0.922. The van der Waals surface area contributed by atoms with Crippen LogP contribution in [0.25, 0.3) is 104 Å². The van der Waals surface area contributed by atoms with E-state index >= 15 is 0 Å². The summed E-state index contributed by atoms with van der Waals surface area (Å²) in [7, 11) is 0. The number of pyridine rings is 1. The Hall–Kier alpha value is -6.83. The number of aromatic nitrogens is 1. The number of nitrogens with zero attached hydrogens (tertiary/aromatic N) is 1. The van der Waals surface area contributed by atoms with Gasteiger partial charge in [-0.3, -0.25) is 0 Å². The van der Waals surface area contributed by atoms with Crippen LogP contribution in [-0.4, -0.2) is 4.98 Å². The minimum atomic E-state index is 0.922. The summed E-state index contributed by atoms with van der Waals surface area (Å²) in [6.07, 6.45) is 6.42. The van der Waals surface area contributed by atoms with Crippen molar-refractivity contribution in [1.82, 2.24) is 4.98 Å². The van der Waals surface area contributed by atoms with Crippen molar-refractivity contribution in [1.29, 1.82) is 0 Å². The highest BCUT2D eigenvalue weighted by Gasteiger charge is 2.18. The van der Waals surface area contributed by atoms with Gasteiger partial charge < -0.3 is 0 Å². The van der Waals surface area contributed by atoms with Crippen molar-refractivity contribution in [3.8, 4) is 33.5 Å². The molecule has 0 aliphatic heterocycles. The summed E-state index contributed by atoms with van der Waals surface area (Å²) in [4.78, 5) is 5.29. The molecule has 0 saturated heterocycles. The molecule has 55 heavy (non-hydrogen) atoms. The quantitative estimate of drug-likeness (QED) is 0.132. The first-order valence-corrected chi connectivity index (χ1v) is 19.2. The highest BCUT2D eigenvalue weighted by molar-refractivity contribution is 6.22. The van der Waals surface area contributed by atoms with Gasteiger partial charge in [0.1, 0.15) is 0 Å². The zero-order chi connectivity index (χ0) is 36.6. The Morgan fingerprint density at radius 3 is 2.15 bits per heavy atom. The molecule has 0 spiro atoms. The van der Waals surface area contributed by atoms with Crippen molar-refractivity contribution in [2.45, 2.75) is 19.8 Å². The first-order chi connectivity index (χ1) is 27.1. The highest BCUT2D eigenvalue weighted by atomic mass is 14.7. The molecule has 9 aromatic carbocycles. The van der Waals surface area contributed by atoms with Gasteiger partial charge in [0.2, 0.25) is 0 Å². The molecule has 11 rings (SSSR count). The van der Waals surface area contributed by atoms with Gasteiger partial charge in [-0.25, -0.2) is 4.98 Å². The smallest absolute Gasteiger partial charge is 0.0788 e. The zero-order valence-corrected chi connectivity index (χ0v) is 30.7. The fraction of sp³-hybridized carbons (Fsp3) is 0.0556. The van der Waals surface area contributed by atoms with Gasteiger partial charge in [-0.1, -0.05) is 152 Å². The zero-order valence-electron chi connectivity index (χ0n) is 30.7. The van der Waals surface area contributed by atoms with Crippen LogP contribution in [0.5, 0.6) is 0 Å². The topological polar surface area (TPSA) is 12.9 Å². The molecule has 0 atom stereocenters. The summed E-state index contributed by atoms with van der Waals surface area (Å²) in [6.45, 7) is 6.61. The van der Waals surface area contributed by atoms with Crippen molar-refractivity contribution in [2.24, 2.45) is 0 Å². The van der Waals surface area contributed by atoms with Crippen LogP contribution in [0.15, 0.2) is 176 Å². The molecule has 1 heterocycles. The van der Waals surface area contributed by atoms with Crippen LogP contribution in [-0.2, 0) is 6.42 Å². The minimum Gasteiger partial charge on any atom is -0.247 e. The number of para-hydroxylation sites is 1. The predicted molar refractivity (Wildman–Crippen MR) is 237 cm³/mol. The van der Waals surface area contributed by atoms with E-state index in [1.807, 2.05) is 0 Å². The van der Waals surface area contributed by atoms with Gasteiger partial charge in [-0.2, -0.15) is 0 Å². The number of allylic oxidation sites excluding steroid dienone is 2. The molecular formula is C54H37N. The van der Waals surface area contributed by atoms with Crippen LogP contribution in [0.1, 0.15) is 23.1 Å². The fourth-order valence-corrected chi connectivity index (χ4v) is 9.21. The van der Waals surface area contributed by atoms with Gasteiger partial charge in [-0.05, 0) is 132 Å². The number of aryl methyl sites for hydroxylation is 1. The predicted octanol–water partition coefficient (Wildman–Crippen LogP) is 14.8. The van der Waals surface area contributed by atoms with Crippen molar-refractivity contribution in [3.63, 3.8) is 0 Å². The first-order valence-electron chi connectivity index (χ1n) is 19.2. The van der Waals surface area contributed by atoms with Gasteiger partial charge in [-0.15, -0.1) is 0 Å². The van der Waals surface area contributed by atoms with Crippen LogP contribution in [0.2, 0.25) is 0 Å². The summed E-state index contributed by atoms with van der Waals surface area (Å²) < 4.78 is 0. The summed E-state index contributed by atoms with van der Waals surface area (Å²) in [5, 5.41) is 13.8. The van der Waals surface area contributed by atoms with E-state index in [0.717, 1.165) is 29.6 Å². The molecule has 1 aliphatic rings. The lowest BCUT2D eigenvalue weighted by atomic mass is 9.86. The van der Waals surface area contributed by atoms with E-state index in [1.54, 1.807) is 0 Å². The molecule has 0 unspecified atom stereocenters. The van der Waals surface area contributed by atoms with Gasteiger partial charge in [0.25, 0.3) is 0 Å². The molecule has 0 bridgehead atoms. The molecule has 0 radical (unpaired) electrons. The maximum atomic E-state index is 5.29. The van der Waals surface area contributed by atoms with Gasteiger partial charge in [0.15, 0.2) is 0 Å². The number of hydrogen-bond acceptors (Lipinski definition) is 1. The maximum absolute atomic E-state index is 5.29. The summed E-state index contributed by atoms with van der Waals surface area (Å²) in [5.74, 6) is 0. The van der Waals surface area contributed by atoms with Crippen LogP contribution in [0.3, 0.4) is 0 Å². The van der Waals surface area contributed by atoms with E-state index < -0.39 is 0 Å². The second-order valence-corrected chi connectivity index (χ2v) is 15.2. The third kappa shape index (κ3) is 5.12. The summed E-state index contributed by atoms with van der Waals surface area (Å²) >= 11 is 0. The molecule has 258 valence electrons. The Balaban J connectivity index is 1.04. The van der Waals surface area contributed by atoms with E-state index in [-0.39, 0.29) is 0 Å². The van der Waals surface area contributed by atoms with Crippen molar-refractivity contribution < 1.29 is 0 Å².